The third-order valence-corrected chi connectivity index (χ3v) is 6.07. The molecular formula is C14H14N4OS3. The van der Waals surface area contributed by atoms with Crippen LogP contribution in [0, 0.1) is 13.8 Å². The zero-order valence-electron chi connectivity index (χ0n) is 12.3. The predicted molar refractivity (Wildman–Crippen MR) is 92.9 cm³/mol. The fourth-order valence-electron chi connectivity index (χ4n) is 1.98. The van der Waals surface area contributed by atoms with Crippen LogP contribution in [0.1, 0.15) is 23.1 Å². The average Bonchev–Trinajstić information content (AvgIpc) is 3.02. The molecule has 0 unspecified atom stereocenters. The van der Waals surface area contributed by atoms with Gasteiger partial charge in [-0.3, -0.25) is 4.79 Å². The van der Waals surface area contributed by atoms with Crippen molar-refractivity contribution in [3.8, 4) is 0 Å². The molecule has 22 heavy (non-hydrogen) atoms. The highest BCUT2D eigenvalue weighted by Crippen LogP contribution is 2.35. The van der Waals surface area contributed by atoms with E-state index in [9.17, 15) is 4.79 Å². The molecule has 0 saturated carbocycles. The Morgan fingerprint density at radius 1 is 1.36 bits per heavy atom. The number of thiazole rings is 1. The predicted octanol–water partition coefficient (Wildman–Crippen LogP) is 4.02. The van der Waals surface area contributed by atoms with Crippen LogP contribution in [0.5, 0.6) is 0 Å². The third-order valence-electron chi connectivity index (χ3n) is 3.12. The van der Waals surface area contributed by atoms with Gasteiger partial charge in [-0.1, -0.05) is 11.8 Å². The number of anilines is 1. The highest BCUT2D eigenvalue weighted by atomic mass is 32.2. The molecule has 3 rings (SSSR count). The average molecular weight is 350 g/mol. The number of thiophene rings is 1. The first kappa shape index (κ1) is 15.4. The number of carbonyl (C=O) groups excluding carboxylic acids is 1. The molecule has 0 atom stereocenters. The summed E-state index contributed by atoms with van der Waals surface area (Å²) >= 11 is 4.79. The molecule has 1 amide bonds. The molecule has 0 radical (unpaired) electrons. The Labute approximate surface area is 140 Å². The van der Waals surface area contributed by atoms with Crippen LogP contribution in [0.25, 0.3) is 10.2 Å². The van der Waals surface area contributed by atoms with Crippen molar-refractivity contribution in [2.45, 2.75) is 31.6 Å². The maximum absolute atomic E-state index is 11.0. The van der Waals surface area contributed by atoms with E-state index in [4.69, 9.17) is 0 Å². The van der Waals surface area contributed by atoms with Crippen molar-refractivity contribution in [3.05, 3.63) is 27.8 Å². The number of nitrogens with zero attached hydrogens (tertiary/aromatic N) is 3. The summed E-state index contributed by atoms with van der Waals surface area (Å²) in [6, 6.07) is 0. The van der Waals surface area contributed by atoms with Gasteiger partial charge in [-0.05, 0) is 19.4 Å². The minimum absolute atomic E-state index is 0.101. The van der Waals surface area contributed by atoms with E-state index in [1.807, 2.05) is 5.38 Å². The van der Waals surface area contributed by atoms with Gasteiger partial charge in [0.05, 0.1) is 5.69 Å². The number of nitrogens with one attached hydrogen (secondary N) is 1. The molecular weight excluding hydrogens is 336 g/mol. The van der Waals surface area contributed by atoms with E-state index in [-0.39, 0.29) is 5.91 Å². The molecule has 5 nitrogen and oxygen atoms in total. The second-order valence-corrected chi connectivity index (χ2v) is 7.78. The molecule has 3 aromatic heterocycles. The number of aromatic nitrogens is 3. The number of aryl methyl sites for hydroxylation is 2. The molecule has 0 aromatic carbocycles. The first-order valence-electron chi connectivity index (χ1n) is 6.60. The van der Waals surface area contributed by atoms with E-state index in [1.165, 1.54) is 28.7 Å². The molecule has 0 aliphatic carbocycles. The number of rotatable bonds is 4. The van der Waals surface area contributed by atoms with Crippen molar-refractivity contribution in [2.75, 3.05) is 5.32 Å². The SMILES string of the molecule is CC(=O)Nc1nc(CSc2ncnc3sc(C)c(C)c23)cs1. The lowest BCUT2D eigenvalue weighted by Gasteiger charge is -2.01. The third kappa shape index (κ3) is 3.13. The Morgan fingerprint density at radius 3 is 2.95 bits per heavy atom. The fraction of sp³-hybridized carbons (Fsp3) is 0.286. The highest BCUT2D eigenvalue weighted by Gasteiger charge is 2.13. The summed E-state index contributed by atoms with van der Waals surface area (Å²) in [5.74, 6) is 0.617. The van der Waals surface area contributed by atoms with Gasteiger partial charge in [-0.2, -0.15) is 0 Å². The standard InChI is InChI=1S/C14H14N4OS3/c1-7-8(2)22-13-11(7)12(15-6-16-13)20-4-10-5-21-14(18-10)17-9(3)19/h5-6H,4H2,1-3H3,(H,17,18,19). The number of thioether (sulfide) groups is 1. The minimum atomic E-state index is -0.101. The molecule has 0 aliphatic heterocycles. The van der Waals surface area contributed by atoms with Crippen LogP contribution >= 0.6 is 34.4 Å². The number of carbonyl (C=O) groups is 1. The fourth-order valence-corrected chi connectivity index (χ4v) is 4.85. The number of hydrogen-bond acceptors (Lipinski definition) is 7. The Morgan fingerprint density at radius 2 is 2.18 bits per heavy atom. The molecule has 0 aliphatic rings. The molecule has 114 valence electrons. The van der Waals surface area contributed by atoms with E-state index >= 15 is 0 Å². The van der Waals surface area contributed by atoms with Crippen molar-refractivity contribution in [1.82, 2.24) is 15.0 Å². The number of fused-ring (bicyclic) bond motifs is 1. The van der Waals surface area contributed by atoms with Gasteiger partial charge in [-0.15, -0.1) is 22.7 Å². The molecule has 8 heteroatoms. The second-order valence-electron chi connectivity index (χ2n) is 4.76. The number of amides is 1. The molecule has 3 heterocycles. The lowest BCUT2D eigenvalue weighted by Crippen LogP contribution is -2.05. The topological polar surface area (TPSA) is 67.8 Å². The largest absolute Gasteiger partial charge is 0.302 e. The van der Waals surface area contributed by atoms with E-state index < -0.39 is 0 Å². The van der Waals surface area contributed by atoms with Gasteiger partial charge >= 0.3 is 0 Å². The summed E-state index contributed by atoms with van der Waals surface area (Å²) in [4.78, 5) is 26.5. The van der Waals surface area contributed by atoms with Crippen LogP contribution in [-0.4, -0.2) is 20.9 Å². The summed E-state index contributed by atoms with van der Waals surface area (Å²) in [5.41, 5.74) is 2.19. The summed E-state index contributed by atoms with van der Waals surface area (Å²) in [6.07, 6.45) is 1.61. The monoisotopic (exact) mass is 350 g/mol. The van der Waals surface area contributed by atoms with Gasteiger partial charge in [0.1, 0.15) is 16.2 Å². The zero-order valence-corrected chi connectivity index (χ0v) is 14.8. The van der Waals surface area contributed by atoms with Crippen molar-refractivity contribution in [2.24, 2.45) is 0 Å². The number of hydrogen-bond donors (Lipinski definition) is 1. The normalized spacial score (nSPS) is 11.0. The molecule has 3 aromatic rings. The highest BCUT2D eigenvalue weighted by molar-refractivity contribution is 7.98. The van der Waals surface area contributed by atoms with Gasteiger partial charge in [0.15, 0.2) is 5.13 Å². The Kier molecular flexibility index (Phi) is 4.42. The van der Waals surface area contributed by atoms with Crippen LogP contribution < -0.4 is 5.32 Å². The van der Waals surface area contributed by atoms with E-state index in [2.05, 4.69) is 34.1 Å². The minimum Gasteiger partial charge on any atom is -0.302 e. The smallest absolute Gasteiger partial charge is 0.223 e. The Bertz CT molecular complexity index is 840. The van der Waals surface area contributed by atoms with Gasteiger partial charge < -0.3 is 5.32 Å². The van der Waals surface area contributed by atoms with Crippen LogP contribution in [0.2, 0.25) is 0 Å². The summed E-state index contributed by atoms with van der Waals surface area (Å²) in [7, 11) is 0. The van der Waals surface area contributed by atoms with Crippen molar-refractivity contribution in [3.63, 3.8) is 0 Å². The maximum Gasteiger partial charge on any atom is 0.223 e. The van der Waals surface area contributed by atoms with Gasteiger partial charge in [0.25, 0.3) is 0 Å². The lowest BCUT2D eigenvalue weighted by atomic mass is 10.2. The molecule has 0 saturated heterocycles. The molecule has 0 bridgehead atoms. The summed E-state index contributed by atoms with van der Waals surface area (Å²) in [6.45, 7) is 5.70. The van der Waals surface area contributed by atoms with Gasteiger partial charge in [0.2, 0.25) is 5.91 Å². The lowest BCUT2D eigenvalue weighted by molar-refractivity contribution is -0.114. The maximum atomic E-state index is 11.0. The van der Waals surface area contributed by atoms with Crippen LogP contribution in [-0.2, 0) is 10.5 Å². The second kappa shape index (κ2) is 6.31. The van der Waals surface area contributed by atoms with Crippen molar-refractivity contribution >= 4 is 55.7 Å². The van der Waals surface area contributed by atoms with E-state index in [0.29, 0.717) is 5.13 Å². The first-order chi connectivity index (χ1) is 10.5. The quantitative estimate of drug-likeness (QED) is 0.569. The Balaban J connectivity index is 1.79. The van der Waals surface area contributed by atoms with Gasteiger partial charge in [0, 0.05) is 28.3 Å². The summed E-state index contributed by atoms with van der Waals surface area (Å²) < 4.78 is 0. The van der Waals surface area contributed by atoms with E-state index in [1.54, 1.807) is 29.4 Å². The van der Waals surface area contributed by atoms with E-state index in [0.717, 1.165) is 26.7 Å². The van der Waals surface area contributed by atoms with Crippen LogP contribution in [0.15, 0.2) is 16.7 Å². The first-order valence-corrected chi connectivity index (χ1v) is 9.28. The molecule has 0 spiro atoms. The zero-order chi connectivity index (χ0) is 15.7. The van der Waals surface area contributed by atoms with Gasteiger partial charge in [-0.25, -0.2) is 15.0 Å². The van der Waals surface area contributed by atoms with Crippen LogP contribution in [0.4, 0.5) is 5.13 Å². The van der Waals surface area contributed by atoms with Crippen LogP contribution in [0.3, 0.4) is 0 Å². The van der Waals surface area contributed by atoms with Crippen molar-refractivity contribution < 1.29 is 4.79 Å². The Hall–Kier alpha value is -1.51. The summed E-state index contributed by atoms with van der Waals surface area (Å²) in [5, 5.41) is 7.43. The van der Waals surface area contributed by atoms with Crippen molar-refractivity contribution in [1.29, 1.82) is 0 Å². The molecule has 0 fully saturated rings. The molecule has 1 N–H and O–H groups in total.